The van der Waals surface area contributed by atoms with Crippen LogP contribution in [0.3, 0.4) is 0 Å². The highest BCUT2D eigenvalue weighted by Gasteiger charge is 1.95. The van der Waals surface area contributed by atoms with Gasteiger partial charge in [0.15, 0.2) is 0 Å². The summed E-state index contributed by atoms with van der Waals surface area (Å²) in [6.45, 7) is 5.70. The Labute approximate surface area is 100 Å². The number of aryl methyl sites for hydroxylation is 1. The average Bonchev–Trinajstić information content (AvgIpc) is 2.73. The molecule has 0 saturated heterocycles. The van der Waals surface area contributed by atoms with Gasteiger partial charge in [-0.1, -0.05) is 12.5 Å². The van der Waals surface area contributed by atoms with Gasteiger partial charge in [-0.15, -0.1) is 0 Å². The summed E-state index contributed by atoms with van der Waals surface area (Å²) in [4.78, 5) is 8.41. The number of aromatic nitrogens is 4. The second-order valence-corrected chi connectivity index (χ2v) is 3.72. The van der Waals surface area contributed by atoms with Gasteiger partial charge in [-0.3, -0.25) is 9.67 Å². The summed E-state index contributed by atoms with van der Waals surface area (Å²) < 4.78 is 1.71. The second-order valence-electron chi connectivity index (χ2n) is 3.72. The average molecular weight is 224 g/mol. The molecule has 0 spiro atoms. The van der Waals surface area contributed by atoms with E-state index in [1.54, 1.807) is 23.3 Å². The van der Waals surface area contributed by atoms with Gasteiger partial charge in [-0.25, -0.2) is 4.98 Å². The van der Waals surface area contributed by atoms with Crippen LogP contribution in [0.5, 0.6) is 0 Å². The van der Waals surface area contributed by atoms with Crippen molar-refractivity contribution in [3.8, 4) is 11.8 Å². The fraction of sp³-hybridized carbons (Fsp3) is 0.154. The Bertz CT molecular complexity index is 596. The van der Waals surface area contributed by atoms with Gasteiger partial charge in [0.05, 0.1) is 29.8 Å². The lowest BCUT2D eigenvalue weighted by Gasteiger charge is -1.96. The van der Waals surface area contributed by atoms with Crippen LogP contribution in [0.1, 0.15) is 23.9 Å². The van der Waals surface area contributed by atoms with Crippen molar-refractivity contribution < 1.29 is 0 Å². The fourth-order valence-electron chi connectivity index (χ4n) is 1.23. The summed E-state index contributed by atoms with van der Waals surface area (Å²) in [7, 11) is 1.85. The van der Waals surface area contributed by atoms with Gasteiger partial charge in [0.2, 0.25) is 0 Å². The van der Waals surface area contributed by atoms with E-state index in [4.69, 9.17) is 0 Å². The predicted molar refractivity (Wildman–Crippen MR) is 65.9 cm³/mol. The molecule has 2 rings (SSSR count). The quantitative estimate of drug-likeness (QED) is 0.692. The topological polar surface area (TPSA) is 43.6 Å². The number of nitrogens with zero attached hydrogens (tertiary/aromatic N) is 4. The molecule has 0 saturated carbocycles. The molecule has 0 aromatic carbocycles. The molecule has 0 N–H and O–H groups in total. The van der Waals surface area contributed by atoms with Crippen molar-refractivity contribution in [3.05, 3.63) is 48.3 Å². The van der Waals surface area contributed by atoms with Crippen LogP contribution in [0.4, 0.5) is 0 Å². The highest BCUT2D eigenvalue weighted by Crippen LogP contribution is 2.05. The maximum atomic E-state index is 4.21. The van der Waals surface area contributed by atoms with Gasteiger partial charge in [-0.05, 0) is 18.4 Å². The van der Waals surface area contributed by atoms with Crippen molar-refractivity contribution in [3.63, 3.8) is 0 Å². The smallest absolute Gasteiger partial charge is 0.131 e. The molecule has 0 amide bonds. The summed E-state index contributed by atoms with van der Waals surface area (Å²) in [6, 6.07) is 0. The van der Waals surface area contributed by atoms with Crippen molar-refractivity contribution in [1.29, 1.82) is 0 Å². The molecule has 0 atom stereocenters. The zero-order valence-corrected chi connectivity index (χ0v) is 9.81. The highest BCUT2D eigenvalue weighted by atomic mass is 15.2. The molecule has 4 heteroatoms. The molecule has 0 aliphatic carbocycles. The summed E-state index contributed by atoms with van der Waals surface area (Å²) in [5, 5.41) is 4.03. The standard InChI is InChI=1S/C13H12N4/c1-10(2)13-8-14-12(7-15-13)5-4-11-6-16-17(3)9-11/h6-9H,1H2,2-3H3. The first-order chi connectivity index (χ1) is 8.15. The van der Waals surface area contributed by atoms with E-state index in [-0.39, 0.29) is 0 Å². The van der Waals surface area contributed by atoms with E-state index in [0.29, 0.717) is 5.69 Å². The fourth-order valence-corrected chi connectivity index (χ4v) is 1.23. The van der Waals surface area contributed by atoms with Crippen LogP contribution in [0, 0.1) is 11.8 Å². The van der Waals surface area contributed by atoms with E-state index in [0.717, 1.165) is 16.8 Å². The third-order valence-electron chi connectivity index (χ3n) is 2.13. The van der Waals surface area contributed by atoms with Crippen molar-refractivity contribution in [2.75, 3.05) is 0 Å². The Hall–Kier alpha value is -2.41. The zero-order chi connectivity index (χ0) is 12.3. The summed E-state index contributed by atoms with van der Waals surface area (Å²) in [5.41, 5.74) is 3.18. The molecule has 2 aromatic heterocycles. The van der Waals surface area contributed by atoms with E-state index in [2.05, 4.69) is 33.5 Å². The Balaban J connectivity index is 2.19. The van der Waals surface area contributed by atoms with E-state index >= 15 is 0 Å². The molecular weight excluding hydrogens is 212 g/mol. The lowest BCUT2D eigenvalue weighted by molar-refractivity contribution is 0.767. The van der Waals surface area contributed by atoms with E-state index < -0.39 is 0 Å². The molecule has 0 aliphatic rings. The maximum Gasteiger partial charge on any atom is 0.131 e. The Morgan fingerprint density at radius 1 is 1.24 bits per heavy atom. The first-order valence-corrected chi connectivity index (χ1v) is 5.14. The minimum absolute atomic E-state index is 0.638. The summed E-state index contributed by atoms with van der Waals surface area (Å²) in [5.74, 6) is 5.91. The molecule has 4 nitrogen and oxygen atoms in total. The van der Waals surface area contributed by atoms with E-state index in [9.17, 15) is 0 Å². The van der Waals surface area contributed by atoms with Gasteiger partial charge >= 0.3 is 0 Å². The Morgan fingerprint density at radius 3 is 2.59 bits per heavy atom. The molecule has 2 aromatic rings. The van der Waals surface area contributed by atoms with E-state index in [1.807, 2.05) is 20.2 Å². The maximum absolute atomic E-state index is 4.21. The van der Waals surface area contributed by atoms with Crippen molar-refractivity contribution in [2.45, 2.75) is 6.92 Å². The van der Waals surface area contributed by atoms with Crippen LogP contribution < -0.4 is 0 Å². The zero-order valence-electron chi connectivity index (χ0n) is 9.81. The first kappa shape index (κ1) is 11.1. The molecule has 17 heavy (non-hydrogen) atoms. The van der Waals surface area contributed by atoms with Crippen LogP contribution in [-0.4, -0.2) is 19.7 Å². The SMILES string of the molecule is C=C(C)c1cnc(C#Cc2cnn(C)c2)cn1. The van der Waals surface area contributed by atoms with Gasteiger partial charge in [0, 0.05) is 13.2 Å². The second kappa shape index (κ2) is 4.62. The van der Waals surface area contributed by atoms with Crippen LogP contribution in [0.2, 0.25) is 0 Å². The van der Waals surface area contributed by atoms with Crippen LogP contribution in [0.25, 0.3) is 5.57 Å². The number of hydrogen-bond acceptors (Lipinski definition) is 3. The van der Waals surface area contributed by atoms with Crippen molar-refractivity contribution >= 4 is 5.57 Å². The van der Waals surface area contributed by atoms with Crippen LogP contribution in [-0.2, 0) is 7.05 Å². The third-order valence-corrected chi connectivity index (χ3v) is 2.13. The normalized spacial score (nSPS) is 9.53. The molecule has 0 aliphatic heterocycles. The lowest BCUT2D eigenvalue weighted by Crippen LogP contribution is -1.90. The van der Waals surface area contributed by atoms with Crippen LogP contribution in [0.15, 0.2) is 31.4 Å². The number of rotatable bonds is 1. The van der Waals surface area contributed by atoms with Crippen molar-refractivity contribution in [2.24, 2.45) is 7.05 Å². The Morgan fingerprint density at radius 2 is 2.06 bits per heavy atom. The molecule has 0 fully saturated rings. The third kappa shape index (κ3) is 2.79. The minimum atomic E-state index is 0.638. The first-order valence-electron chi connectivity index (χ1n) is 5.14. The monoisotopic (exact) mass is 224 g/mol. The molecule has 84 valence electrons. The molecule has 0 bridgehead atoms. The predicted octanol–water partition coefficient (Wildman–Crippen LogP) is 1.64. The number of allylic oxidation sites excluding steroid dienone is 1. The van der Waals surface area contributed by atoms with Gasteiger partial charge in [0.25, 0.3) is 0 Å². The largest absolute Gasteiger partial charge is 0.275 e. The van der Waals surface area contributed by atoms with Gasteiger partial charge < -0.3 is 0 Å². The van der Waals surface area contributed by atoms with Gasteiger partial charge in [0.1, 0.15) is 5.69 Å². The van der Waals surface area contributed by atoms with Gasteiger partial charge in [-0.2, -0.15) is 5.10 Å². The summed E-state index contributed by atoms with van der Waals surface area (Å²) in [6.07, 6.45) is 6.88. The number of hydrogen-bond donors (Lipinski definition) is 0. The molecule has 0 unspecified atom stereocenters. The van der Waals surface area contributed by atoms with Crippen molar-refractivity contribution in [1.82, 2.24) is 19.7 Å². The minimum Gasteiger partial charge on any atom is -0.275 e. The Kier molecular flexibility index (Phi) is 3.01. The molecular formula is C13H12N4. The molecule has 0 radical (unpaired) electrons. The lowest BCUT2D eigenvalue weighted by atomic mass is 10.2. The van der Waals surface area contributed by atoms with Crippen LogP contribution >= 0.6 is 0 Å². The van der Waals surface area contributed by atoms with E-state index in [1.165, 1.54) is 0 Å². The molecule has 2 heterocycles. The summed E-state index contributed by atoms with van der Waals surface area (Å²) >= 11 is 0. The highest BCUT2D eigenvalue weighted by molar-refractivity contribution is 5.56.